The number of hydrogen-bond donors (Lipinski definition) is 0. The zero-order valence-corrected chi connectivity index (χ0v) is 26.5. The lowest BCUT2D eigenvalue weighted by Gasteiger charge is -2.19. The smallest absolute Gasteiger partial charge is 0.0434 e. The molecule has 0 fully saturated rings. The van der Waals surface area contributed by atoms with Gasteiger partial charge in [0.15, 0.2) is 0 Å². The zero-order valence-electron chi connectivity index (χ0n) is 24.8. The molecule has 214 valence electrons. The predicted molar refractivity (Wildman–Crippen MR) is 204 cm³/mol. The van der Waals surface area contributed by atoms with Gasteiger partial charge in [-0.1, -0.05) is 140 Å². The third-order valence-corrected chi connectivity index (χ3v) is 11.8. The average molecular weight is 619 g/mol. The molecule has 2 heteroatoms. The maximum Gasteiger partial charge on any atom is 0.0434 e. The van der Waals surface area contributed by atoms with Crippen LogP contribution in [0.15, 0.2) is 158 Å². The molecule has 0 unspecified atom stereocenters. The Morgan fingerprint density at radius 2 is 0.848 bits per heavy atom. The van der Waals surface area contributed by atoms with E-state index in [4.69, 9.17) is 0 Å². The Bertz CT molecular complexity index is 2740. The molecule has 0 aliphatic rings. The topological polar surface area (TPSA) is 0 Å². The Kier molecular flexibility index (Phi) is 5.72. The Hall–Kier alpha value is -5.28. The summed E-state index contributed by atoms with van der Waals surface area (Å²) in [4.78, 5) is 1.32. The van der Waals surface area contributed by atoms with E-state index in [1.165, 1.54) is 95.3 Å². The lowest BCUT2D eigenvalue weighted by molar-refractivity contribution is 1.68. The van der Waals surface area contributed by atoms with Crippen LogP contribution in [0.1, 0.15) is 0 Å². The molecule has 0 spiro atoms. The van der Waals surface area contributed by atoms with Crippen LogP contribution in [0, 0.1) is 0 Å². The van der Waals surface area contributed by atoms with Gasteiger partial charge in [-0.3, -0.25) is 0 Å². The van der Waals surface area contributed by atoms with E-state index < -0.39 is 0 Å². The number of hydrogen-bond acceptors (Lipinski definition) is 2. The minimum Gasteiger partial charge on any atom is -0.135 e. The van der Waals surface area contributed by atoms with E-state index in [1.54, 1.807) is 0 Å². The molecule has 0 atom stereocenters. The Morgan fingerprint density at radius 1 is 0.304 bits per heavy atom. The summed E-state index contributed by atoms with van der Waals surface area (Å²) < 4.78 is 4.01. The van der Waals surface area contributed by atoms with Crippen molar-refractivity contribution in [3.63, 3.8) is 0 Å². The number of fused-ring (bicyclic) bond motifs is 7. The fourth-order valence-electron chi connectivity index (χ4n) is 7.49. The molecule has 10 aromatic rings. The van der Waals surface area contributed by atoms with Crippen LogP contribution in [-0.4, -0.2) is 0 Å². The molecule has 10 rings (SSSR count). The van der Waals surface area contributed by atoms with Gasteiger partial charge in [0.2, 0.25) is 0 Å². The molecule has 46 heavy (non-hydrogen) atoms. The highest BCUT2D eigenvalue weighted by Crippen LogP contribution is 2.53. The molecular formula is C44H26S2. The van der Waals surface area contributed by atoms with Crippen molar-refractivity contribution in [1.82, 2.24) is 0 Å². The van der Waals surface area contributed by atoms with E-state index in [9.17, 15) is 0 Å². The summed E-state index contributed by atoms with van der Waals surface area (Å²) in [5, 5.41) is 11.7. The first-order chi connectivity index (χ1) is 22.8. The summed E-state index contributed by atoms with van der Waals surface area (Å²) >= 11 is 3.82. The molecule has 0 bridgehead atoms. The van der Waals surface area contributed by atoms with Gasteiger partial charge in [0, 0.05) is 40.7 Å². The second-order valence-corrected chi connectivity index (χ2v) is 14.1. The Morgan fingerprint density at radius 3 is 1.59 bits per heavy atom. The largest absolute Gasteiger partial charge is 0.135 e. The highest BCUT2D eigenvalue weighted by molar-refractivity contribution is 7.26. The lowest BCUT2D eigenvalue weighted by Crippen LogP contribution is -1.92. The van der Waals surface area contributed by atoms with Crippen LogP contribution in [0.25, 0.3) is 95.3 Å². The molecule has 0 saturated carbocycles. The summed E-state index contributed by atoms with van der Waals surface area (Å²) in [6, 6.07) is 58.3. The van der Waals surface area contributed by atoms with Crippen LogP contribution in [0.4, 0.5) is 0 Å². The standard InChI is InChI=1S/C44H26S2/c1-2-14-28(15-3-1)44-43(37-26-39-36(25-40(37)46-44)30-18-10-11-24-38(30)45-39)42-34-21-8-6-19-32(34)41(33-20-7-9-22-35(33)42)31-23-12-16-27-13-4-5-17-29(27)31/h1-26H. The van der Waals surface area contributed by atoms with Crippen molar-refractivity contribution in [3.05, 3.63) is 158 Å². The van der Waals surface area contributed by atoms with Crippen molar-refractivity contribution >= 4 is 85.2 Å². The Labute approximate surface area is 274 Å². The quantitative estimate of drug-likeness (QED) is 0.173. The highest BCUT2D eigenvalue weighted by atomic mass is 32.1. The molecule has 0 amide bonds. The maximum atomic E-state index is 2.47. The highest BCUT2D eigenvalue weighted by Gasteiger charge is 2.24. The van der Waals surface area contributed by atoms with Gasteiger partial charge in [-0.15, -0.1) is 22.7 Å². The number of benzene rings is 8. The summed E-state index contributed by atoms with van der Waals surface area (Å²) in [7, 11) is 0. The first kappa shape index (κ1) is 26.0. The van der Waals surface area contributed by atoms with Gasteiger partial charge < -0.3 is 0 Å². The normalized spacial score (nSPS) is 11.9. The molecule has 0 nitrogen and oxygen atoms in total. The van der Waals surface area contributed by atoms with Gasteiger partial charge in [-0.05, 0) is 72.8 Å². The average Bonchev–Trinajstić information content (AvgIpc) is 3.67. The van der Waals surface area contributed by atoms with Crippen LogP contribution in [0.2, 0.25) is 0 Å². The second kappa shape index (κ2) is 10.1. The molecule has 2 aromatic heterocycles. The van der Waals surface area contributed by atoms with Crippen LogP contribution < -0.4 is 0 Å². The molecule has 0 radical (unpaired) electrons. The molecule has 0 aliphatic heterocycles. The fraction of sp³-hybridized carbons (Fsp3) is 0. The molecule has 0 aliphatic carbocycles. The van der Waals surface area contributed by atoms with Gasteiger partial charge in [-0.25, -0.2) is 0 Å². The predicted octanol–water partition coefficient (Wildman–Crippen LogP) is 13.7. The molecular weight excluding hydrogens is 593 g/mol. The number of thiophene rings is 2. The third kappa shape index (κ3) is 3.78. The third-order valence-electron chi connectivity index (χ3n) is 9.46. The summed E-state index contributed by atoms with van der Waals surface area (Å²) in [5.74, 6) is 0. The lowest BCUT2D eigenvalue weighted by atomic mass is 9.83. The minimum absolute atomic E-state index is 1.26. The molecule has 2 heterocycles. The van der Waals surface area contributed by atoms with Crippen molar-refractivity contribution in [2.24, 2.45) is 0 Å². The van der Waals surface area contributed by atoms with Crippen molar-refractivity contribution in [3.8, 4) is 32.7 Å². The minimum atomic E-state index is 1.26. The van der Waals surface area contributed by atoms with Gasteiger partial charge in [-0.2, -0.15) is 0 Å². The molecule has 8 aromatic carbocycles. The van der Waals surface area contributed by atoms with Gasteiger partial charge >= 0.3 is 0 Å². The van der Waals surface area contributed by atoms with Crippen molar-refractivity contribution in [2.45, 2.75) is 0 Å². The van der Waals surface area contributed by atoms with Gasteiger partial charge in [0.05, 0.1) is 0 Å². The van der Waals surface area contributed by atoms with Crippen LogP contribution in [0.3, 0.4) is 0 Å². The monoisotopic (exact) mass is 618 g/mol. The fourth-order valence-corrected chi connectivity index (χ4v) is 9.85. The van der Waals surface area contributed by atoms with E-state index in [0.717, 1.165) is 0 Å². The van der Waals surface area contributed by atoms with Crippen molar-refractivity contribution < 1.29 is 0 Å². The first-order valence-corrected chi connectivity index (χ1v) is 17.3. The van der Waals surface area contributed by atoms with E-state index in [2.05, 4.69) is 158 Å². The van der Waals surface area contributed by atoms with Crippen LogP contribution in [0.5, 0.6) is 0 Å². The van der Waals surface area contributed by atoms with Gasteiger partial charge in [0.1, 0.15) is 0 Å². The number of rotatable bonds is 3. The second-order valence-electron chi connectivity index (χ2n) is 12.0. The van der Waals surface area contributed by atoms with Crippen LogP contribution in [-0.2, 0) is 0 Å². The van der Waals surface area contributed by atoms with Gasteiger partial charge in [0.25, 0.3) is 0 Å². The van der Waals surface area contributed by atoms with Crippen molar-refractivity contribution in [2.75, 3.05) is 0 Å². The van der Waals surface area contributed by atoms with E-state index in [1.807, 2.05) is 22.7 Å². The van der Waals surface area contributed by atoms with E-state index in [-0.39, 0.29) is 0 Å². The summed E-state index contributed by atoms with van der Waals surface area (Å²) in [6.07, 6.45) is 0. The van der Waals surface area contributed by atoms with E-state index >= 15 is 0 Å². The SMILES string of the molecule is c1ccc(-c2sc3cc4c(cc3c2-c2c3ccccc3c(-c3cccc5ccccc35)c3ccccc23)sc2ccccc24)cc1. The Balaban J connectivity index is 1.39. The molecule has 0 saturated heterocycles. The molecule has 0 N–H and O–H groups in total. The summed E-state index contributed by atoms with van der Waals surface area (Å²) in [5.41, 5.74) is 6.50. The van der Waals surface area contributed by atoms with Crippen molar-refractivity contribution in [1.29, 1.82) is 0 Å². The maximum absolute atomic E-state index is 2.47. The zero-order chi connectivity index (χ0) is 30.2. The first-order valence-electron chi connectivity index (χ1n) is 15.7. The summed E-state index contributed by atoms with van der Waals surface area (Å²) in [6.45, 7) is 0. The van der Waals surface area contributed by atoms with E-state index in [0.29, 0.717) is 0 Å². The van der Waals surface area contributed by atoms with Crippen LogP contribution >= 0.6 is 22.7 Å².